The molecule has 136 valence electrons. The fourth-order valence-electron chi connectivity index (χ4n) is 2.86. The Kier molecular flexibility index (Phi) is 5.04. The van der Waals surface area contributed by atoms with E-state index in [9.17, 15) is 9.59 Å². The number of benzene rings is 1. The van der Waals surface area contributed by atoms with Crippen LogP contribution < -0.4 is 5.32 Å². The average molecular weight is 356 g/mol. The number of methoxy groups -OCH3 is 1. The van der Waals surface area contributed by atoms with Crippen molar-refractivity contribution in [2.45, 2.75) is 6.92 Å². The number of nitrogens with zero attached hydrogens (tertiary/aromatic N) is 2. The molecular weight excluding hydrogens is 336 g/mol. The minimum atomic E-state index is -0.575. The summed E-state index contributed by atoms with van der Waals surface area (Å²) in [7, 11) is 1.27. The van der Waals surface area contributed by atoms with Gasteiger partial charge in [0.05, 0.1) is 31.5 Å². The highest BCUT2D eigenvalue weighted by Gasteiger charge is 2.34. The molecule has 0 saturated carbocycles. The molecule has 2 aromatic rings. The molecule has 3 N–H and O–H groups in total. The fourth-order valence-corrected chi connectivity index (χ4v) is 2.86. The number of esters is 1. The summed E-state index contributed by atoms with van der Waals surface area (Å²) in [4.78, 5) is 26.1. The van der Waals surface area contributed by atoms with Crippen LogP contribution in [0.3, 0.4) is 0 Å². The summed E-state index contributed by atoms with van der Waals surface area (Å²) < 4.78 is 4.80. The van der Waals surface area contributed by atoms with E-state index in [1.54, 1.807) is 0 Å². The van der Waals surface area contributed by atoms with Gasteiger partial charge < -0.3 is 20.1 Å². The van der Waals surface area contributed by atoms with Crippen molar-refractivity contribution in [1.29, 1.82) is 0 Å². The van der Waals surface area contributed by atoms with Crippen molar-refractivity contribution in [2.24, 2.45) is 0 Å². The Hall–Kier alpha value is -3.13. The van der Waals surface area contributed by atoms with Gasteiger partial charge >= 0.3 is 5.97 Å². The lowest BCUT2D eigenvalue weighted by atomic mass is 10.1. The second-order valence-electron chi connectivity index (χ2n) is 5.90. The summed E-state index contributed by atoms with van der Waals surface area (Å²) in [6.07, 6.45) is 0. The predicted octanol–water partition coefficient (Wildman–Crippen LogP) is 1.06. The van der Waals surface area contributed by atoms with Crippen LogP contribution in [0.5, 0.6) is 0 Å². The fraction of sp³-hybridized carbons (Fsp3) is 0.278. The highest BCUT2D eigenvalue weighted by atomic mass is 16.5. The monoisotopic (exact) mass is 356 g/mol. The number of aliphatic hydroxyl groups is 1. The maximum absolute atomic E-state index is 12.6. The average Bonchev–Trinajstić information content (AvgIpc) is 3.20. The highest BCUT2D eigenvalue weighted by molar-refractivity contribution is 6.09. The topological polar surface area (TPSA) is 108 Å². The van der Waals surface area contributed by atoms with Gasteiger partial charge in [-0.2, -0.15) is 5.10 Å². The SMILES string of the molecule is COC(=O)C1=C(Nc2ccccc2-c2cc(C)[nH]n2)C(=O)N(CCO)C1. The number of nitrogens with one attached hydrogen (secondary N) is 2. The van der Waals surface area contributed by atoms with E-state index < -0.39 is 5.97 Å². The number of carbonyl (C=O) groups excluding carboxylic acids is 2. The number of hydrogen-bond donors (Lipinski definition) is 3. The minimum Gasteiger partial charge on any atom is -0.466 e. The molecule has 0 atom stereocenters. The maximum Gasteiger partial charge on any atom is 0.337 e. The van der Waals surface area contributed by atoms with Gasteiger partial charge in [-0.25, -0.2) is 4.79 Å². The molecule has 3 rings (SSSR count). The van der Waals surface area contributed by atoms with E-state index in [4.69, 9.17) is 9.84 Å². The van der Waals surface area contributed by atoms with Gasteiger partial charge in [-0.05, 0) is 19.1 Å². The molecule has 0 spiro atoms. The predicted molar refractivity (Wildman–Crippen MR) is 95.1 cm³/mol. The van der Waals surface area contributed by atoms with E-state index >= 15 is 0 Å². The van der Waals surface area contributed by atoms with Crippen LogP contribution in [0.2, 0.25) is 0 Å². The second kappa shape index (κ2) is 7.40. The van der Waals surface area contributed by atoms with Crippen molar-refractivity contribution < 1.29 is 19.4 Å². The van der Waals surface area contributed by atoms with Crippen molar-refractivity contribution >= 4 is 17.6 Å². The third kappa shape index (κ3) is 3.31. The zero-order chi connectivity index (χ0) is 18.7. The lowest BCUT2D eigenvalue weighted by molar-refractivity contribution is -0.136. The number of rotatable bonds is 6. The summed E-state index contributed by atoms with van der Waals surface area (Å²) >= 11 is 0. The van der Waals surface area contributed by atoms with E-state index in [1.165, 1.54) is 12.0 Å². The number of aromatic amines is 1. The first-order valence-electron chi connectivity index (χ1n) is 8.15. The van der Waals surface area contributed by atoms with E-state index in [0.717, 1.165) is 17.0 Å². The number of para-hydroxylation sites is 1. The summed E-state index contributed by atoms with van der Waals surface area (Å²) in [5, 5.41) is 19.4. The van der Waals surface area contributed by atoms with Gasteiger partial charge in [0.1, 0.15) is 5.70 Å². The normalized spacial score (nSPS) is 14.1. The lowest BCUT2D eigenvalue weighted by Gasteiger charge is -2.15. The molecule has 0 unspecified atom stereocenters. The second-order valence-corrected chi connectivity index (χ2v) is 5.90. The Balaban J connectivity index is 1.98. The minimum absolute atomic E-state index is 0.0953. The zero-order valence-corrected chi connectivity index (χ0v) is 14.6. The molecule has 2 heterocycles. The highest BCUT2D eigenvalue weighted by Crippen LogP contribution is 2.30. The van der Waals surface area contributed by atoms with Crippen LogP contribution in [-0.2, 0) is 14.3 Å². The van der Waals surface area contributed by atoms with Crippen LogP contribution >= 0.6 is 0 Å². The Bertz CT molecular complexity index is 872. The van der Waals surface area contributed by atoms with Crippen LogP contribution in [0.1, 0.15) is 5.69 Å². The molecule has 1 amide bonds. The Morgan fingerprint density at radius 3 is 2.85 bits per heavy atom. The summed E-state index contributed by atoms with van der Waals surface area (Å²) in [5.74, 6) is -0.929. The van der Waals surface area contributed by atoms with Crippen molar-refractivity contribution in [1.82, 2.24) is 15.1 Å². The standard InChI is InChI=1S/C18H20N4O4/c1-11-9-15(21-20-11)12-5-3-4-6-14(12)19-16-13(18(25)26-2)10-22(7-8-23)17(16)24/h3-6,9,19,23H,7-8,10H2,1-2H3,(H,20,21). The van der Waals surface area contributed by atoms with Gasteiger partial charge in [0.25, 0.3) is 5.91 Å². The largest absolute Gasteiger partial charge is 0.466 e. The number of ether oxygens (including phenoxy) is 1. The van der Waals surface area contributed by atoms with Crippen molar-refractivity contribution in [3.63, 3.8) is 0 Å². The Morgan fingerprint density at radius 2 is 2.19 bits per heavy atom. The summed E-state index contributed by atoms with van der Waals surface area (Å²) in [6, 6.07) is 9.28. The van der Waals surface area contributed by atoms with Crippen LogP contribution in [0, 0.1) is 6.92 Å². The smallest absolute Gasteiger partial charge is 0.337 e. The number of hydrogen-bond acceptors (Lipinski definition) is 6. The number of aryl methyl sites for hydroxylation is 1. The third-order valence-corrected chi connectivity index (χ3v) is 4.12. The number of aliphatic hydroxyl groups excluding tert-OH is 1. The molecule has 0 fully saturated rings. The van der Waals surface area contributed by atoms with E-state index in [2.05, 4.69) is 15.5 Å². The number of carbonyl (C=O) groups is 2. The van der Waals surface area contributed by atoms with Gasteiger partial charge in [-0.3, -0.25) is 9.89 Å². The number of amides is 1. The molecule has 26 heavy (non-hydrogen) atoms. The molecule has 1 aromatic heterocycles. The van der Waals surface area contributed by atoms with E-state index in [0.29, 0.717) is 5.69 Å². The summed E-state index contributed by atoms with van der Waals surface area (Å²) in [6.45, 7) is 1.96. The molecule has 0 radical (unpaired) electrons. The lowest BCUT2D eigenvalue weighted by Crippen LogP contribution is -2.31. The molecule has 8 heteroatoms. The molecule has 8 nitrogen and oxygen atoms in total. The van der Waals surface area contributed by atoms with Crippen LogP contribution in [0.15, 0.2) is 41.6 Å². The van der Waals surface area contributed by atoms with Crippen molar-refractivity contribution in [3.8, 4) is 11.3 Å². The van der Waals surface area contributed by atoms with Gasteiger partial charge in [0.15, 0.2) is 0 Å². The molecule has 0 bridgehead atoms. The maximum atomic E-state index is 12.6. The molecule has 1 aliphatic heterocycles. The number of aromatic nitrogens is 2. The summed E-state index contributed by atoms with van der Waals surface area (Å²) in [5.41, 5.74) is 3.47. The van der Waals surface area contributed by atoms with E-state index in [1.807, 2.05) is 37.3 Å². The van der Waals surface area contributed by atoms with Crippen LogP contribution in [-0.4, -0.2) is 58.9 Å². The first kappa shape index (κ1) is 17.7. The molecular formula is C18H20N4O4. The Morgan fingerprint density at radius 1 is 1.42 bits per heavy atom. The number of anilines is 1. The van der Waals surface area contributed by atoms with Crippen molar-refractivity contribution in [3.05, 3.63) is 47.3 Å². The molecule has 1 aliphatic rings. The quantitative estimate of drug-likeness (QED) is 0.668. The number of β-amino-alcohol motifs (C(OH)–C–C–N with tert-alkyl or cyclic N) is 1. The van der Waals surface area contributed by atoms with E-state index in [-0.39, 0.29) is 36.9 Å². The van der Waals surface area contributed by atoms with Crippen LogP contribution in [0.4, 0.5) is 5.69 Å². The van der Waals surface area contributed by atoms with Crippen LogP contribution in [0.25, 0.3) is 11.3 Å². The molecule has 0 saturated heterocycles. The van der Waals surface area contributed by atoms with Gasteiger partial charge in [0.2, 0.25) is 0 Å². The number of H-pyrrole nitrogens is 1. The van der Waals surface area contributed by atoms with Crippen molar-refractivity contribution in [2.75, 3.05) is 32.1 Å². The molecule has 0 aliphatic carbocycles. The third-order valence-electron chi connectivity index (χ3n) is 4.12. The van der Waals surface area contributed by atoms with Gasteiger partial charge in [-0.15, -0.1) is 0 Å². The first-order chi connectivity index (χ1) is 12.5. The molecule has 1 aromatic carbocycles. The van der Waals surface area contributed by atoms with Gasteiger partial charge in [-0.1, -0.05) is 18.2 Å². The Labute approximate surface area is 150 Å². The zero-order valence-electron chi connectivity index (χ0n) is 14.6. The first-order valence-corrected chi connectivity index (χ1v) is 8.15. The van der Waals surface area contributed by atoms with Gasteiger partial charge in [0, 0.05) is 23.5 Å².